The van der Waals surface area contributed by atoms with Crippen molar-refractivity contribution in [2.24, 2.45) is 22.7 Å². The van der Waals surface area contributed by atoms with Crippen molar-refractivity contribution in [1.29, 1.82) is 0 Å². The zero-order chi connectivity index (χ0) is 15.2. The zero-order valence-corrected chi connectivity index (χ0v) is 13.7. The Morgan fingerprint density at radius 1 is 1.00 bits per heavy atom. The van der Waals surface area contributed by atoms with Crippen LogP contribution in [0, 0.1) is 22.7 Å². The fourth-order valence-corrected chi connectivity index (χ4v) is 3.24. The van der Waals surface area contributed by atoms with E-state index in [4.69, 9.17) is 0 Å². The van der Waals surface area contributed by atoms with Crippen LogP contribution in [0.2, 0.25) is 0 Å². The topological polar surface area (TPSA) is 0 Å². The molecule has 0 atom stereocenters. The second-order valence-electron chi connectivity index (χ2n) is 7.47. The minimum Gasteiger partial charge on any atom is -0.0989 e. The lowest BCUT2D eigenvalue weighted by atomic mass is 9.53. The summed E-state index contributed by atoms with van der Waals surface area (Å²) in [5.41, 5.74) is 4.74. The van der Waals surface area contributed by atoms with Gasteiger partial charge in [0.1, 0.15) is 0 Å². The van der Waals surface area contributed by atoms with Crippen LogP contribution < -0.4 is 0 Å². The summed E-state index contributed by atoms with van der Waals surface area (Å²) in [6, 6.07) is 0. The van der Waals surface area contributed by atoms with E-state index < -0.39 is 0 Å². The molecule has 1 saturated carbocycles. The third-order valence-electron chi connectivity index (χ3n) is 4.89. The molecule has 1 aliphatic rings. The molecule has 0 aromatic rings. The van der Waals surface area contributed by atoms with Crippen LogP contribution in [-0.2, 0) is 0 Å². The molecule has 0 spiro atoms. The van der Waals surface area contributed by atoms with E-state index in [9.17, 15) is 0 Å². The summed E-state index contributed by atoms with van der Waals surface area (Å²) < 4.78 is 0. The predicted molar refractivity (Wildman–Crippen MR) is 87.1 cm³/mol. The first-order valence-corrected chi connectivity index (χ1v) is 7.20. The molecule has 0 amide bonds. The highest BCUT2D eigenvalue weighted by molar-refractivity contribution is 5.49. The largest absolute Gasteiger partial charge is 0.0989 e. The van der Waals surface area contributed by atoms with Crippen LogP contribution in [0.25, 0.3) is 0 Å². The van der Waals surface area contributed by atoms with E-state index in [-0.39, 0.29) is 16.7 Å². The molecular weight excluding hydrogens is 228 g/mol. The van der Waals surface area contributed by atoms with Crippen molar-refractivity contribution in [3.05, 3.63) is 48.6 Å². The van der Waals surface area contributed by atoms with Crippen LogP contribution in [0.3, 0.4) is 0 Å². The molecule has 0 aromatic carbocycles. The molecule has 1 aliphatic carbocycles. The quantitative estimate of drug-likeness (QED) is 0.550. The minimum atomic E-state index is -0.0602. The Bertz CT molecular complexity index is 411. The van der Waals surface area contributed by atoms with E-state index >= 15 is 0 Å². The smallest absolute Gasteiger partial charge is 0.0225 e. The molecule has 0 heterocycles. The summed E-state index contributed by atoms with van der Waals surface area (Å²) >= 11 is 0. The van der Waals surface area contributed by atoms with Gasteiger partial charge in [-0.15, -0.1) is 0 Å². The molecule has 0 radical (unpaired) electrons. The van der Waals surface area contributed by atoms with Gasteiger partial charge in [0, 0.05) is 16.7 Å². The van der Waals surface area contributed by atoms with Crippen molar-refractivity contribution in [2.75, 3.05) is 0 Å². The first-order chi connectivity index (χ1) is 8.44. The van der Waals surface area contributed by atoms with E-state index in [1.165, 1.54) is 22.3 Å². The van der Waals surface area contributed by atoms with E-state index in [0.717, 1.165) is 6.42 Å². The molecule has 1 rings (SSSR count). The summed E-state index contributed by atoms with van der Waals surface area (Å²) in [6.07, 6.45) is 1.03. The monoisotopic (exact) mass is 258 g/mol. The maximum Gasteiger partial charge on any atom is 0.0225 e. The number of rotatable bonds is 3. The van der Waals surface area contributed by atoms with Crippen LogP contribution in [0.15, 0.2) is 48.6 Å². The standard InChI is InChI=1S/C19H30/c1-12(2)11-13(3)17-14(4)18(7,8)16(6)19(9,10)15(17)5/h12,17H,3-6,11H2,1-2,7-10H3. The summed E-state index contributed by atoms with van der Waals surface area (Å²) in [7, 11) is 0. The Morgan fingerprint density at radius 2 is 1.37 bits per heavy atom. The fourth-order valence-electron chi connectivity index (χ4n) is 3.24. The minimum absolute atomic E-state index is 0.0602. The Kier molecular flexibility index (Phi) is 4.06. The number of hydrogen-bond donors (Lipinski definition) is 0. The van der Waals surface area contributed by atoms with Gasteiger partial charge in [-0.2, -0.15) is 0 Å². The molecule has 0 saturated heterocycles. The fraction of sp³-hybridized carbons (Fsp3) is 0.579. The molecule has 0 N–H and O–H groups in total. The van der Waals surface area contributed by atoms with Gasteiger partial charge in [-0.3, -0.25) is 0 Å². The first-order valence-electron chi connectivity index (χ1n) is 7.20. The normalized spacial score (nSPS) is 23.0. The second-order valence-corrected chi connectivity index (χ2v) is 7.47. The van der Waals surface area contributed by atoms with Crippen molar-refractivity contribution in [2.45, 2.75) is 48.0 Å². The van der Waals surface area contributed by atoms with Gasteiger partial charge in [0.15, 0.2) is 0 Å². The zero-order valence-electron chi connectivity index (χ0n) is 13.7. The van der Waals surface area contributed by atoms with E-state index in [2.05, 4.69) is 67.9 Å². The highest BCUT2D eigenvalue weighted by Crippen LogP contribution is 2.58. The average molecular weight is 258 g/mol. The van der Waals surface area contributed by atoms with Crippen molar-refractivity contribution >= 4 is 0 Å². The Balaban J connectivity index is 3.25. The highest BCUT2D eigenvalue weighted by Gasteiger charge is 2.47. The average Bonchev–Trinajstić information content (AvgIpc) is 2.25. The van der Waals surface area contributed by atoms with Gasteiger partial charge in [-0.05, 0) is 12.3 Å². The van der Waals surface area contributed by atoms with Crippen LogP contribution >= 0.6 is 0 Å². The van der Waals surface area contributed by atoms with Crippen LogP contribution in [0.1, 0.15) is 48.0 Å². The van der Waals surface area contributed by atoms with Gasteiger partial charge < -0.3 is 0 Å². The molecule has 0 aliphatic heterocycles. The number of allylic oxidation sites excluding steroid dienone is 4. The van der Waals surface area contributed by atoms with Crippen molar-refractivity contribution in [3.63, 3.8) is 0 Å². The SMILES string of the molecule is C=C(CC(C)C)C1C(=C)C(C)(C)C(=C)C(C)(C)C1=C. The van der Waals surface area contributed by atoms with Crippen LogP contribution in [-0.4, -0.2) is 0 Å². The molecule has 1 fully saturated rings. The molecule has 0 nitrogen and oxygen atoms in total. The Hall–Kier alpha value is -1.04. The van der Waals surface area contributed by atoms with Crippen molar-refractivity contribution < 1.29 is 0 Å². The first kappa shape index (κ1) is 16.0. The van der Waals surface area contributed by atoms with E-state index in [1.54, 1.807) is 0 Å². The van der Waals surface area contributed by atoms with Gasteiger partial charge in [0.25, 0.3) is 0 Å². The molecule has 19 heavy (non-hydrogen) atoms. The molecule has 0 bridgehead atoms. The van der Waals surface area contributed by atoms with Gasteiger partial charge in [-0.25, -0.2) is 0 Å². The third-order valence-corrected chi connectivity index (χ3v) is 4.89. The Morgan fingerprint density at radius 3 is 1.68 bits per heavy atom. The predicted octanol–water partition coefficient (Wildman–Crippen LogP) is 5.94. The van der Waals surface area contributed by atoms with Crippen LogP contribution in [0.5, 0.6) is 0 Å². The maximum atomic E-state index is 4.36. The van der Waals surface area contributed by atoms with E-state index in [1.807, 2.05) is 0 Å². The summed E-state index contributed by atoms with van der Waals surface area (Å²) in [4.78, 5) is 0. The van der Waals surface area contributed by atoms with Gasteiger partial charge >= 0.3 is 0 Å². The third kappa shape index (κ3) is 2.50. The summed E-state index contributed by atoms with van der Waals surface area (Å²) in [5.74, 6) is 0.836. The molecule has 106 valence electrons. The van der Waals surface area contributed by atoms with E-state index in [0.29, 0.717) is 5.92 Å². The van der Waals surface area contributed by atoms with Gasteiger partial charge in [0.05, 0.1) is 0 Å². The second kappa shape index (κ2) is 4.81. The molecule has 0 aromatic heterocycles. The van der Waals surface area contributed by atoms with Crippen LogP contribution in [0.4, 0.5) is 0 Å². The molecule has 0 unspecified atom stereocenters. The highest BCUT2D eigenvalue weighted by atomic mass is 14.5. The molecule has 0 heteroatoms. The summed E-state index contributed by atoms with van der Waals surface area (Å²) in [5, 5.41) is 0. The lowest BCUT2D eigenvalue weighted by Gasteiger charge is -2.51. The van der Waals surface area contributed by atoms with Gasteiger partial charge in [0.2, 0.25) is 0 Å². The van der Waals surface area contributed by atoms with Crippen molar-refractivity contribution in [3.8, 4) is 0 Å². The number of hydrogen-bond acceptors (Lipinski definition) is 0. The van der Waals surface area contributed by atoms with Gasteiger partial charge in [-0.1, -0.05) is 90.2 Å². The molecular formula is C19H30. The van der Waals surface area contributed by atoms with Crippen molar-refractivity contribution in [1.82, 2.24) is 0 Å². The lowest BCUT2D eigenvalue weighted by molar-refractivity contribution is 0.320. The summed E-state index contributed by atoms with van der Waals surface area (Å²) in [6.45, 7) is 30.7. The Labute approximate surface area is 120 Å². The maximum absolute atomic E-state index is 4.36. The lowest BCUT2D eigenvalue weighted by Crippen LogP contribution is -2.40.